The lowest BCUT2D eigenvalue weighted by molar-refractivity contribution is 0.164. The van der Waals surface area contributed by atoms with Gasteiger partial charge in [0.25, 0.3) is 0 Å². The van der Waals surface area contributed by atoms with Gasteiger partial charge in [-0.25, -0.2) is 0 Å². The van der Waals surface area contributed by atoms with Gasteiger partial charge in [-0.15, -0.1) is 11.8 Å². The summed E-state index contributed by atoms with van der Waals surface area (Å²) in [4.78, 5) is 1.22. The highest BCUT2D eigenvalue weighted by Crippen LogP contribution is 2.23. The van der Waals surface area contributed by atoms with Crippen LogP contribution in [0.25, 0.3) is 0 Å². The van der Waals surface area contributed by atoms with E-state index < -0.39 is 0 Å². The van der Waals surface area contributed by atoms with E-state index >= 15 is 0 Å². The van der Waals surface area contributed by atoms with Crippen LogP contribution in [0, 0.1) is 0 Å². The summed E-state index contributed by atoms with van der Waals surface area (Å²) >= 11 is 1.71. The Labute approximate surface area is 90.5 Å². The van der Waals surface area contributed by atoms with E-state index in [1.807, 2.05) is 12.1 Å². The van der Waals surface area contributed by atoms with Gasteiger partial charge in [0, 0.05) is 4.90 Å². The van der Waals surface area contributed by atoms with Gasteiger partial charge in [-0.2, -0.15) is 0 Å². The lowest BCUT2D eigenvalue weighted by Crippen LogP contribution is -1.96. The highest BCUT2D eigenvalue weighted by atomic mass is 32.2. The molecule has 1 nitrogen and oxygen atoms in total. The van der Waals surface area contributed by atoms with Crippen molar-refractivity contribution in [2.24, 2.45) is 0 Å². The van der Waals surface area contributed by atoms with Crippen molar-refractivity contribution in [1.29, 1.82) is 0 Å². The zero-order chi connectivity index (χ0) is 10.4. The molecule has 0 aliphatic carbocycles. The average Bonchev–Trinajstić information content (AvgIpc) is 2.26. The minimum Gasteiger partial charge on any atom is -0.388 e. The van der Waals surface area contributed by atoms with E-state index in [9.17, 15) is 5.11 Å². The largest absolute Gasteiger partial charge is 0.388 e. The Morgan fingerprint density at radius 3 is 2.86 bits per heavy atom. The van der Waals surface area contributed by atoms with Gasteiger partial charge in [0.05, 0.1) is 6.10 Å². The van der Waals surface area contributed by atoms with Crippen LogP contribution in [0.5, 0.6) is 0 Å². The van der Waals surface area contributed by atoms with Crippen molar-refractivity contribution < 1.29 is 5.11 Å². The van der Waals surface area contributed by atoms with Gasteiger partial charge in [-0.05, 0) is 30.4 Å². The summed E-state index contributed by atoms with van der Waals surface area (Å²) in [5.74, 6) is 0. The molecular formula is C12H18OS. The van der Waals surface area contributed by atoms with Crippen LogP contribution in [0.1, 0.15) is 37.9 Å². The lowest BCUT2D eigenvalue weighted by atomic mass is 10.0. The summed E-state index contributed by atoms with van der Waals surface area (Å²) in [6.07, 6.45) is 4.86. The first-order valence-corrected chi connectivity index (χ1v) is 6.32. The van der Waals surface area contributed by atoms with Gasteiger partial charge in [0.15, 0.2) is 0 Å². The molecule has 0 heterocycles. The molecule has 1 aromatic rings. The monoisotopic (exact) mass is 210 g/mol. The number of aliphatic hydroxyl groups excluding tert-OH is 1. The van der Waals surface area contributed by atoms with Crippen molar-refractivity contribution in [2.75, 3.05) is 6.26 Å². The molecule has 78 valence electrons. The minimum atomic E-state index is -0.290. The quantitative estimate of drug-likeness (QED) is 0.749. The van der Waals surface area contributed by atoms with E-state index in [4.69, 9.17) is 0 Å². The molecule has 1 unspecified atom stereocenters. The first kappa shape index (κ1) is 11.6. The summed E-state index contributed by atoms with van der Waals surface area (Å²) in [5.41, 5.74) is 1.05. The molecule has 0 spiro atoms. The minimum absolute atomic E-state index is 0.290. The second-order valence-electron chi connectivity index (χ2n) is 3.43. The average molecular weight is 210 g/mol. The van der Waals surface area contributed by atoms with Crippen LogP contribution >= 0.6 is 11.8 Å². The van der Waals surface area contributed by atoms with Crippen LogP contribution in [-0.2, 0) is 0 Å². The second-order valence-corrected chi connectivity index (χ2v) is 4.31. The van der Waals surface area contributed by atoms with Gasteiger partial charge in [0.2, 0.25) is 0 Å². The lowest BCUT2D eigenvalue weighted by Gasteiger charge is -2.10. The number of thioether (sulfide) groups is 1. The Balaban J connectivity index is 2.64. The number of unbranched alkanes of at least 4 members (excludes halogenated alkanes) is 1. The molecule has 0 radical (unpaired) electrons. The molecule has 0 fully saturated rings. The Bertz CT molecular complexity index is 273. The number of hydrogen-bond acceptors (Lipinski definition) is 2. The van der Waals surface area contributed by atoms with E-state index in [1.54, 1.807) is 11.8 Å². The molecular weight excluding hydrogens is 192 g/mol. The highest BCUT2D eigenvalue weighted by molar-refractivity contribution is 7.98. The van der Waals surface area contributed by atoms with E-state index in [0.717, 1.165) is 24.8 Å². The number of hydrogen-bond donors (Lipinski definition) is 1. The van der Waals surface area contributed by atoms with Crippen LogP contribution in [0.2, 0.25) is 0 Å². The van der Waals surface area contributed by atoms with Crippen LogP contribution in [-0.4, -0.2) is 11.4 Å². The van der Waals surface area contributed by atoms with E-state index in [0.29, 0.717) is 0 Å². The molecule has 0 aromatic heterocycles. The molecule has 14 heavy (non-hydrogen) atoms. The fourth-order valence-corrected chi connectivity index (χ4v) is 1.88. The zero-order valence-corrected chi connectivity index (χ0v) is 9.68. The predicted octanol–water partition coefficient (Wildman–Crippen LogP) is 3.63. The molecule has 0 saturated heterocycles. The number of rotatable bonds is 5. The zero-order valence-electron chi connectivity index (χ0n) is 8.86. The fourth-order valence-electron chi connectivity index (χ4n) is 1.41. The summed E-state index contributed by atoms with van der Waals surface area (Å²) in [6, 6.07) is 8.15. The molecule has 0 bridgehead atoms. The summed E-state index contributed by atoms with van der Waals surface area (Å²) in [7, 11) is 0. The predicted molar refractivity (Wildman–Crippen MR) is 62.7 cm³/mol. The normalized spacial score (nSPS) is 12.8. The molecule has 0 aliphatic rings. The standard InChI is InChI=1S/C12H18OS/c1-3-4-8-12(13)10-6-5-7-11(9-10)14-2/h5-7,9,12-13H,3-4,8H2,1-2H3. The SMILES string of the molecule is CCCCC(O)c1cccc(SC)c1. The number of aliphatic hydroxyl groups is 1. The van der Waals surface area contributed by atoms with Gasteiger partial charge in [0.1, 0.15) is 0 Å². The molecule has 0 amide bonds. The van der Waals surface area contributed by atoms with Gasteiger partial charge < -0.3 is 5.11 Å². The first-order chi connectivity index (χ1) is 6.77. The first-order valence-electron chi connectivity index (χ1n) is 5.10. The Kier molecular flexibility index (Phi) is 5.05. The molecule has 0 saturated carbocycles. The van der Waals surface area contributed by atoms with Crippen LogP contribution in [0.15, 0.2) is 29.2 Å². The topological polar surface area (TPSA) is 20.2 Å². The van der Waals surface area contributed by atoms with Crippen molar-refractivity contribution in [1.82, 2.24) is 0 Å². The van der Waals surface area contributed by atoms with Crippen molar-refractivity contribution in [3.05, 3.63) is 29.8 Å². The summed E-state index contributed by atoms with van der Waals surface area (Å²) in [5, 5.41) is 9.86. The molecule has 0 aliphatic heterocycles. The van der Waals surface area contributed by atoms with Crippen molar-refractivity contribution in [3.8, 4) is 0 Å². The molecule has 1 N–H and O–H groups in total. The fraction of sp³-hybridized carbons (Fsp3) is 0.500. The maximum Gasteiger partial charge on any atom is 0.0790 e. The van der Waals surface area contributed by atoms with Crippen LogP contribution in [0.4, 0.5) is 0 Å². The van der Waals surface area contributed by atoms with Gasteiger partial charge in [-0.1, -0.05) is 31.9 Å². The molecule has 1 atom stereocenters. The second kappa shape index (κ2) is 6.10. The van der Waals surface area contributed by atoms with Crippen LogP contribution in [0.3, 0.4) is 0 Å². The third-order valence-corrected chi connectivity index (χ3v) is 3.04. The maximum absolute atomic E-state index is 9.86. The summed E-state index contributed by atoms with van der Waals surface area (Å²) in [6.45, 7) is 2.14. The van der Waals surface area contributed by atoms with Gasteiger partial charge in [-0.3, -0.25) is 0 Å². The van der Waals surface area contributed by atoms with Crippen molar-refractivity contribution in [2.45, 2.75) is 37.2 Å². The van der Waals surface area contributed by atoms with E-state index in [-0.39, 0.29) is 6.10 Å². The molecule has 1 aromatic carbocycles. The third-order valence-electron chi connectivity index (χ3n) is 2.31. The van der Waals surface area contributed by atoms with Crippen molar-refractivity contribution in [3.63, 3.8) is 0 Å². The van der Waals surface area contributed by atoms with E-state index in [2.05, 4.69) is 25.3 Å². The molecule has 2 heteroatoms. The van der Waals surface area contributed by atoms with Gasteiger partial charge >= 0.3 is 0 Å². The highest BCUT2D eigenvalue weighted by Gasteiger charge is 2.06. The Morgan fingerprint density at radius 1 is 1.43 bits per heavy atom. The third kappa shape index (κ3) is 3.35. The summed E-state index contributed by atoms with van der Waals surface area (Å²) < 4.78 is 0. The molecule has 1 rings (SSSR count). The maximum atomic E-state index is 9.86. The van der Waals surface area contributed by atoms with E-state index in [1.165, 1.54) is 4.90 Å². The van der Waals surface area contributed by atoms with Crippen LogP contribution < -0.4 is 0 Å². The smallest absolute Gasteiger partial charge is 0.0790 e. The van der Waals surface area contributed by atoms with Crippen molar-refractivity contribution >= 4 is 11.8 Å². The Hall–Kier alpha value is -0.470. The Morgan fingerprint density at radius 2 is 2.21 bits per heavy atom. The number of benzene rings is 1.